The lowest BCUT2D eigenvalue weighted by atomic mass is 9.86. The van der Waals surface area contributed by atoms with E-state index in [0.717, 1.165) is 17.6 Å². The first-order chi connectivity index (χ1) is 15.3. The van der Waals surface area contributed by atoms with E-state index in [2.05, 4.69) is 55.3 Å². The lowest BCUT2D eigenvalue weighted by molar-refractivity contribution is -0.119. The standard InChI is InChI=1S/C27H28N2O3/c1-27(2,3)19-11-9-18(10-12-19)22(17-20-13-16-25(30)28-20)23-14-15-24(26(31)29-23)32-21-7-5-4-6-8-21/h4-12,14-15,17,20H,13,16H2,1-3H3,(H,28,30)(H,29,31)/t20-/m1/s1. The SMILES string of the molecule is CC(C)(C)c1ccc(C(=C[C@H]2CCC(=O)N2)c2ccc(Oc3ccccc3)c(=O)[nH]2)cc1. The molecule has 2 heterocycles. The normalized spacial score (nSPS) is 16.7. The smallest absolute Gasteiger partial charge is 0.291 e. The molecule has 32 heavy (non-hydrogen) atoms. The van der Waals surface area contributed by atoms with Crippen molar-refractivity contribution in [2.24, 2.45) is 0 Å². The molecule has 3 aromatic rings. The number of ether oxygens (including phenoxy) is 1. The van der Waals surface area contributed by atoms with Crippen molar-refractivity contribution in [2.45, 2.75) is 45.1 Å². The molecule has 0 unspecified atom stereocenters. The van der Waals surface area contributed by atoms with Crippen LogP contribution in [0.25, 0.3) is 5.57 Å². The van der Waals surface area contributed by atoms with Crippen LogP contribution in [0.15, 0.2) is 77.6 Å². The van der Waals surface area contributed by atoms with Crippen molar-refractivity contribution in [1.29, 1.82) is 0 Å². The van der Waals surface area contributed by atoms with E-state index in [-0.39, 0.29) is 28.7 Å². The molecule has 1 fully saturated rings. The Morgan fingerprint density at radius 1 is 0.969 bits per heavy atom. The van der Waals surface area contributed by atoms with E-state index >= 15 is 0 Å². The highest BCUT2D eigenvalue weighted by Gasteiger charge is 2.21. The van der Waals surface area contributed by atoms with Crippen LogP contribution in [0.3, 0.4) is 0 Å². The van der Waals surface area contributed by atoms with E-state index in [0.29, 0.717) is 17.9 Å². The number of benzene rings is 2. The Kier molecular flexibility index (Phi) is 5.99. The van der Waals surface area contributed by atoms with Gasteiger partial charge >= 0.3 is 0 Å². The van der Waals surface area contributed by atoms with Crippen LogP contribution in [0.2, 0.25) is 0 Å². The molecule has 0 aliphatic carbocycles. The van der Waals surface area contributed by atoms with Gasteiger partial charge in [0, 0.05) is 23.7 Å². The molecule has 0 saturated carbocycles. The molecule has 1 saturated heterocycles. The summed E-state index contributed by atoms with van der Waals surface area (Å²) in [5.74, 6) is 0.887. The minimum Gasteiger partial charge on any atom is -0.452 e. The van der Waals surface area contributed by atoms with Gasteiger partial charge in [-0.25, -0.2) is 0 Å². The number of para-hydroxylation sites is 1. The Bertz CT molecular complexity index is 1190. The van der Waals surface area contributed by atoms with Gasteiger partial charge in [-0.1, -0.05) is 69.3 Å². The summed E-state index contributed by atoms with van der Waals surface area (Å²) in [4.78, 5) is 27.5. The highest BCUT2D eigenvalue weighted by atomic mass is 16.5. The second-order valence-electron chi connectivity index (χ2n) is 9.10. The Labute approximate surface area is 188 Å². The van der Waals surface area contributed by atoms with Crippen LogP contribution in [0.5, 0.6) is 11.5 Å². The highest BCUT2D eigenvalue weighted by Crippen LogP contribution is 2.28. The molecule has 0 radical (unpaired) electrons. The second kappa shape index (κ2) is 8.87. The van der Waals surface area contributed by atoms with E-state index in [1.54, 1.807) is 18.2 Å². The number of hydrogen-bond acceptors (Lipinski definition) is 3. The van der Waals surface area contributed by atoms with E-state index in [4.69, 9.17) is 4.74 Å². The van der Waals surface area contributed by atoms with Gasteiger partial charge in [0.2, 0.25) is 5.91 Å². The Hall–Kier alpha value is -3.60. The number of carbonyl (C=O) groups is 1. The fourth-order valence-corrected chi connectivity index (χ4v) is 3.77. The molecule has 5 heteroatoms. The lowest BCUT2D eigenvalue weighted by Crippen LogP contribution is -2.23. The van der Waals surface area contributed by atoms with Crippen LogP contribution in [0.1, 0.15) is 50.4 Å². The molecule has 2 N–H and O–H groups in total. The number of carbonyl (C=O) groups excluding carboxylic acids is 1. The molecule has 0 bridgehead atoms. The summed E-state index contributed by atoms with van der Waals surface area (Å²) in [6.45, 7) is 6.53. The number of amides is 1. The minimum atomic E-state index is -0.306. The summed E-state index contributed by atoms with van der Waals surface area (Å²) in [6, 6.07) is 21.0. The van der Waals surface area contributed by atoms with Gasteiger partial charge in [-0.3, -0.25) is 9.59 Å². The predicted octanol–water partition coefficient (Wildman–Crippen LogP) is 5.18. The summed E-state index contributed by atoms with van der Waals surface area (Å²) in [5, 5.41) is 2.99. The third-order valence-corrected chi connectivity index (χ3v) is 5.59. The average Bonchev–Trinajstić information content (AvgIpc) is 3.18. The van der Waals surface area contributed by atoms with E-state index in [1.165, 1.54) is 5.56 Å². The molecule has 2 aromatic carbocycles. The zero-order chi connectivity index (χ0) is 22.7. The summed E-state index contributed by atoms with van der Waals surface area (Å²) in [5.41, 5.74) is 3.51. The topological polar surface area (TPSA) is 71.2 Å². The minimum absolute atomic E-state index is 0.0482. The maximum atomic E-state index is 12.8. The second-order valence-corrected chi connectivity index (χ2v) is 9.10. The fraction of sp³-hybridized carbons (Fsp3) is 0.259. The van der Waals surface area contributed by atoms with Gasteiger partial charge < -0.3 is 15.0 Å². The van der Waals surface area contributed by atoms with Crippen LogP contribution in [0, 0.1) is 0 Å². The third-order valence-electron chi connectivity index (χ3n) is 5.59. The fourth-order valence-electron chi connectivity index (χ4n) is 3.77. The summed E-state index contributed by atoms with van der Waals surface area (Å²) >= 11 is 0. The molecular formula is C27H28N2O3. The number of aromatic amines is 1. The van der Waals surface area contributed by atoms with Crippen LogP contribution >= 0.6 is 0 Å². The molecular weight excluding hydrogens is 400 g/mol. The van der Waals surface area contributed by atoms with E-state index in [1.807, 2.05) is 30.3 Å². The molecule has 1 atom stereocenters. The number of pyridine rings is 1. The number of H-pyrrole nitrogens is 1. The first-order valence-corrected chi connectivity index (χ1v) is 10.9. The van der Waals surface area contributed by atoms with Crippen molar-refractivity contribution in [3.05, 3.63) is 100.0 Å². The van der Waals surface area contributed by atoms with Crippen molar-refractivity contribution in [1.82, 2.24) is 10.3 Å². The maximum absolute atomic E-state index is 12.8. The maximum Gasteiger partial charge on any atom is 0.291 e. The van der Waals surface area contributed by atoms with Gasteiger partial charge in [0.25, 0.3) is 5.56 Å². The molecule has 1 amide bonds. The van der Waals surface area contributed by atoms with Crippen LogP contribution in [-0.2, 0) is 10.2 Å². The van der Waals surface area contributed by atoms with E-state index in [9.17, 15) is 9.59 Å². The number of nitrogens with one attached hydrogen (secondary N) is 2. The zero-order valence-corrected chi connectivity index (χ0v) is 18.6. The monoisotopic (exact) mass is 428 g/mol. The van der Waals surface area contributed by atoms with Gasteiger partial charge in [0.15, 0.2) is 5.75 Å². The first kappa shape index (κ1) is 21.6. The summed E-state index contributed by atoms with van der Waals surface area (Å²) in [7, 11) is 0. The largest absolute Gasteiger partial charge is 0.452 e. The third kappa shape index (κ3) is 4.99. The molecule has 1 aliphatic rings. The number of aromatic nitrogens is 1. The van der Waals surface area contributed by atoms with Gasteiger partial charge in [-0.05, 0) is 47.2 Å². The molecule has 5 nitrogen and oxygen atoms in total. The van der Waals surface area contributed by atoms with Crippen LogP contribution in [-0.4, -0.2) is 16.9 Å². The summed E-state index contributed by atoms with van der Waals surface area (Å²) in [6.07, 6.45) is 3.28. The number of rotatable bonds is 5. The molecule has 164 valence electrons. The Balaban J connectivity index is 1.70. The molecule has 1 aromatic heterocycles. The first-order valence-electron chi connectivity index (χ1n) is 10.9. The van der Waals surface area contributed by atoms with Gasteiger partial charge in [0.1, 0.15) is 5.75 Å². The predicted molar refractivity (Wildman–Crippen MR) is 127 cm³/mol. The van der Waals surface area contributed by atoms with Gasteiger partial charge in [-0.15, -0.1) is 0 Å². The Morgan fingerprint density at radius 2 is 1.69 bits per heavy atom. The van der Waals surface area contributed by atoms with Crippen LogP contribution < -0.4 is 15.6 Å². The average molecular weight is 429 g/mol. The quantitative estimate of drug-likeness (QED) is 0.589. The Morgan fingerprint density at radius 3 is 2.28 bits per heavy atom. The highest BCUT2D eigenvalue weighted by molar-refractivity contribution is 5.82. The number of hydrogen-bond donors (Lipinski definition) is 2. The van der Waals surface area contributed by atoms with Crippen molar-refractivity contribution in [3.63, 3.8) is 0 Å². The van der Waals surface area contributed by atoms with Gasteiger partial charge in [0.05, 0.1) is 0 Å². The molecule has 1 aliphatic heterocycles. The lowest BCUT2D eigenvalue weighted by Gasteiger charge is -2.20. The van der Waals surface area contributed by atoms with Crippen molar-refractivity contribution >= 4 is 11.5 Å². The van der Waals surface area contributed by atoms with Crippen molar-refractivity contribution < 1.29 is 9.53 Å². The molecule has 4 rings (SSSR count). The van der Waals surface area contributed by atoms with Crippen LogP contribution in [0.4, 0.5) is 0 Å². The summed E-state index contributed by atoms with van der Waals surface area (Å²) < 4.78 is 5.73. The van der Waals surface area contributed by atoms with Gasteiger partial charge in [-0.2, -0.15) is 0 Å². The van der Waals surface area contributed by atoms with Crippen molar-refractivity contribution in [3.8, 4) is 11.5 Å². The van der Waals surface area contributed by atoms with E-state index < -0.39 is 0 Å². The molecule has 0 spiro atoms. The zero-order valence-electron chi connectivity index (χ0n) is 18.6. The van der Waals surface area contributed by atoms with Crippen molar-refractivity contribution in [2.75, 3.05) is 0 Å².